The number of hydrogen-bond donors (Lipinski definition) is 0. The topological polar surface area (TPSA) is 12.5 Å². The third-order valence-corrected chi connectivity index (χ3v) is 5.91. The summed E-state index contributed by atoms with van der Waals surface area (Å²) < 4.78 is 5.43. The van der Waals surface area contributed by atoms with Gasteiger partial charge in [0.15, 0.2) is 0 Å². The van der Waals surface area contributed by atoms with Gasteiger partial charge in [0.2, 0.25) is 0 Å². The molecule has 1 saturated heterocycles. The summed E-state index contributed by atoms with van der Waals surface area (Å²) in [5.74, 6) is 0.934. The molecule has 2 aromatic rings. The maximum atomic E-state index is 5.43. The van der Waals surface area contributed by atoms with Crippen molar-refractivity contribution in [1.29, 1.82) is 0 Å². The van der Waals surface area contributed by atoms with Gasteiger partial charge in [0.25, 0.3) is 0 Å². The summed E-state index contributed by atoms with van der Waals surface area (Å²) in [6, 6.07) is 15.3. The summed E-state index contributed by atoms with van der Waals surface area (Å²) in [5.41, 5.74) is 5.83. The van der Waals surface area contributed by atoms with Crippen molar-refractivity contribution in [2.75, 3.05) is 27.2 Å². The molecule has 2 aliphatic heterocycles. The Balaban J connectivity index is 1.90. The minimum absolute atomic E-state index is 0.934. The molecule has 0 radical (unpaired) electrons. The van der Waals surface area contributed by atoms with Crippen LogP contribution in [0, 0.1) is 0 Å². The first-order chi connectivity index (χ1) is 11.3. The van der Waals surface area contributed by atoms with Gasteiger partial charge in [0, 0.05) is 22.9 Å². The van der Waals surface area contributed by atoms with Crippen molar-refractivity contribution in [3.05, 3.63) is 59.2 Å². The monoisotopic (exact) mass is 323 g/mol. The van der Waals surface area contributed by atoms with Crippen LogP contribution in [0.4, 0.5) is 0 Å². The summed E-state index contributed by atoms with van der Waals surface area (Å²) in [7, 11) is 3.95. The Bertz CT molecular complexity index is 771. The number of nitrogens with zero attached hydrogens (tertiary/aromatic N) is 1. The molecular formula is C20H21NOS. The third kappa shape index (κ3) is 2.68. The molecule has 0 saturated carbocycles. The van der Waals surface area contributed by atoms with Gasteiger partial charge in [-0.1, -0.05) is 35.5 Å². The molecule has 0 spiro atoms. The molecule has 0 aliphatic carbocycles. The quantitative estimate of drug-likeness (QED) is 0.645. The second kappa shape index (κ2) is 6.06. The van der Waals surface area contributed by atoms with E-state index in [0.717, 1.165) is 31.7 Å². The van der Waals surface area contributed by atoms with E-state index in [1.54, 1.807) is 12.7 Å². The molecule has 2 heterocycles. The average Bonchev–Trinajstić information content (AvgIpc) is 2.60. The number of rotatable bonds is 1. The molecule has 0 bridgehead atoms. The molecular weight excluding hydrogens is 302 g/mol. The van der Waals surface area contributed by atoms with Crippen molar-refractivity contribution >= 4 is 17.3 Å². The van der Waals surface area contributed by atoms with E-state index < -0.39 is 0 Å². The Kier molecular flexibility index (Phi) is 3.92. The van der Waals surface area contributed by atoms with Gasteiger partial charge in [-0.3, -0.25) is 0 Å². The van der Waals surface area contributed by atoms with E-state index in [-0.39, 0.29) is 0 Å². The first kappa shape index (κ1) is 14.9. The van der Waals surface area contributed by atoms with Crippen LogP contribution < -0.4 is 4.74 Å². The third-order valence-electron chi connectivity index (χ3n) is 4.78. The molecule has 118 valence electrons. The highest BCUT2D eigenvalue weighted by molar-refractivity contribution is 7.99. The van der Waals surface area contributed by atoms with Crippen LogP contribution in [0.1, 0.15) is 24.0 Å². The molecule has 0 aromatic heterocycles. The van der Waals surface area contributed by atoms with E-state index in [9.17, 15) is 0 Å². The van der Waals surface area contributed by atoms with Gasteiger partial charge in [-0.2, -0.15) is 0 Å². The molecule has 0 unspecified atom stereocenters. The van der Waals surface area contributed by atoms with Crippen LogP contribution in [-0.4, -0.2) is 32.1 Å². The number of ether oxygens (including phenoxy) is 1. The molecule has 2 nitrogen and oxygen atoms in total. The zero-order valence-corrected chi connectivity index (χ0v) is 14.5. The van der Waals surface area contributed by atoms with E-state index in [4.69, 9.17) is 4.74 Å². The zero-order valence-electron chi connectivity index (χ0n) is 13.6. The van der Waals surface area contributed by atoms with E-state index >= 15 is 0 Å². The highest BCUT2D eigenvalue weighted by Crippen LogP contribution is 2.48. The first-order valence-corrected chi connectivity index (χ1v) is 8.94. The van der Waals surface area contributed by atoms with E-state index in [2.05, 4.69) is 54.4 Å². The maximum absolute atomic E-state index is 5.43. The fourth-order valence-electron chi connectivity index (χ4n) is 3.47. The van der Waals surface area contributed by atoms with Crippen molar-refractivity contribution in [2.45, 2.75) is 22.6 Å². The highest BCUT2D eigenvalue weighted by atomic mass is 32.2. The summed E-state index contributed by atoms with van der Waals surface area (Å²) in [6.45, 7) is 2.30. The molecule has 3 heteroatoms. The molecule has 2 aromatic carbocycles. The molecule has 1 fully saturated rings. The molecule has 2 aliphatic rings. The smallest absolute Gasteiger partial charge is 0.120 e. The lowest BCUT2D eigenvalue weighted by Gasteiger charge is -2.30. The van der Waals surface area contributed by atoms with Gasteiger partial charge >= 0.3 is 0 Å². The summed E-state index contributed by atoms with van der Waals surface area (Å²) in [6.07, 6.45) is 2.33. The lowest BCUT2D eigenvalue weighted by atomic mass is 9.88. The summed E-state index contributed by atoms with van der Waals surface area (Å²) in [5, 5.41) is 0. The van der Waals surface area contributed by atoms with Gasteiger partial charge in [-0.05, 0) is 60.9 Å². The predicted molar refractivity (Wildman–Crippen MR) is 96.3 cm³/mol. The standard InChI is InChI=1S/C20H21NOS/c1-21-11-9-14(10-12-21)20-16-5-3-4-6-18(16)23-19-13-15(22-2)7-8-17(19)20/h3-8,13H,9-12H2,1-2H3. The minimum Gasteiger partial charge on any atom is -0.497 e. The maximum Gasteiger partial charge on any atom is 0.120 e. The molecule has 0 atom stereocenters. The number of piperidine rings is 1. The largest absolute Gasteiger partial charge is 0.497 e. The fraction of sp³-hybridized carbons (Fsp3) is 0.300. The number of methoxy groups -OCH3 is 1. The average molecular weight is 323 g/mol. The molecule has 4 rings (SSSR count). The predicted octanol–water partition coefficient (Wildman–Crippen LogP) is 4.69. The van der Waals surface area contributed by atoms with Crippen molar-refractivity contribution in [2.24, 2.45) is 0 Å². The molecule has 0 amide bonds. The normalized spacial score (nSPS) is 17.7. The van der Waals surface area contributed by atoms with Crippen LogP contribution in [0.5, 0.6) is 5.75 Å². The SMILES string of the molecule is COc1ccc2c(c1)Sc1ccccc1C2=C1CCN(C)CC1. The fourth-order valence-corrected chi connectivity index (χ4v) is 4.58. The van der Waals surface area contributed by atoms with Crippen LogP contribution in [0.3, 0.4) is 0 Å². The van der Waals surface area contributed by atoms with Crippen LogP contribution in [-0.2, 0) is 0 Å². The van der Waals surface area contributed by atoms with Gasteiger partial charge in [-0.25, -0.2) is 0 Å². The number of hydrogen-bond acceptors (Lipinski definition) is 3. The van der Waals surface area contributed by atoms with E-state index in [1.807, 2.05) is 11.8 Å². The van der Waals surface area contributed by atoms with Crippen molar-refractivity contribution in [3.8, 4) is 5.75 Å². The Labute approximate surface area is 142 Å². The van der Waals surface area contributed by atoms with Crippen LogP contribution in [0.2, 0.25) is 0 Å². The Morgan fingerprint density at radius 1 is 0.957 bits per heavy atom. The number of fused-ring (bicyclic) bond motifs is 2. The van der Waals surface area contributed by atoms with Crippen molar-refractivity contribution in [3.63, 3.8) is 0 Å². The van der Waals surface area contributed by atoms with Crippen LogP contribution in [0.15, 0.2) is 57.8 Å². The van der Waals surface area contributed by atoms with Gasteiger partial charge < -0.3 is 9.64 Å². The lowest BCUT2D eigenvalue weighted by molar-refractivity contribution is 0.313. The number of benzene rings is 2. The Morgan fingerprint density at radius 2 is 1.70 bits per heavy atom. The van der Waals surface area contributed by atoms with Crippen LogP contribution >= 0.6 is 11.8 Å². The van der Waals surface area contributed by atoms with E-state index in [1.165, 1.54) is 26.5 Å². The van der Waals surface area contributed by atoms with Crippen molar-refractivity contribution < 1.29 is 4.74 Å². The van der Waals surface area contributed by atoms with Gasteiger partial charge in [-0.15, -0.1) is 0 Å². The van der Waals surface area contributed by atoms with Crippen molar-refractivity contribution in [1.82, 2.24) is 4.90 Å². The highest BCUT2D eigenvalue weighted by Gasteiger charge is 2.25. The molecule has 0 N–H and O–H groups in total. The Hall–Kier alpha value is -1.71. The van der Waals surface area contributed by atoms with Gasteiger partial charge in [0.05, 0.1) is 7.11 Å². The first-order valence-electron chi connectivity index (χ1n) is 8.12. The second-order valence-corrected chi connectivity index (χ2v) is 7.33. The summed E-state index contributed by atoms with van der Waals surface area (Å²) >= 11 is 1.86. The zero-order chi connectivity index (χ0) is 15.8. The second-order valence-electron chi connectivity index (χ2n) is 6.24. The Morgan fingerprint density at radius 3 is 2.48 bits per heavy atom. The van der Waals surface area contributed by atoms with E-state index in [0.29, 0.717) is 0 Å². The number of likely N-dealkylation sites (tertiary alicyclic amines) is 1. The lowest BCUT2D eigenvalue weighted by Crippen LogP contribution is -2.27. The van der Waals surface area contributed by atoms with Crippen LogP contribution in [0.25, 0.3) is 5.57 Å². The summed E-state index contributed by atoms with van der Waals surface area (Å²) in [4.78, 5) is 5.09. The molecule has 23 heavy (non-hydrogen) atoms. The minimum atomic E-state index is 0.934. The van der Waals surface area contributed by atoms with Gasteiger partial charge in [0.1, 0.15) is 5.75 Å².